The van der Waals surface area contributed by atoms with Gasteiger partial charge in [-0.3, -0.25) is 0 Å². The average Bonchev–Trinajstić information content (AvgIpc) is 2.19. The van der Waals surface area contributed by atoms with Crippen LogP contribution >= 0.6 is 11.6 Å². The monoisotopic (exact) mass is 221 g/mol. The van der Waals surface area contributed by atoms with Crippen molar-refractivity contribution in [2.45, 2.75) is 13.3 Å². The van der Waals surface area contributed by atoms with Gasteiger partial charge < -0.3 is 5.73 Å². The average molecular weight is 222 g/mol. The molecule has 0 saturated heterocycles. The fourth-order valence-corrected chi connectivity index (χ4v) is 1.79. The SMILES string of the molecule is Cc1ccc2nc(Cl)nc(CCN)c2c1. The van der Waals surface area contributed by atoms with Gasteiger partial charge in [-0.25, -0.2) is 9.97 Å². The normalized spacial score (nSPS) is 10.9. The minimum Gasteiger partial charge on any atom is -0.330 e. The van der Waals surface area contributed by atoms with Crippen LogP contribution in [0.1, 0.15) is 11.3 Å². The number of nitrogens with two attached hydrogens (primary N) is 1. The van der Waals surface area contributed by atoms with Crippen LogP contribution in [0, 0.1) is 6.92 Å². The van der Waals surface area contributed by atoms with Crippen molar-refractivity contribution in [3.8, 4) is 0 Å². The number of hydrogen-bond acceptors (Lipinski definition) is 3. The lowest BCUT2D eigenvalue weighted by molar-refractivity contribution is 0.926. The molecule has 2 aromatic rings. The molecule has 0 bridgehead atoms. The number of aromatic nitrogens is 2. The van der Waals surface area contributed by atoms with Crippen LogP contribution in [0.5, 0.6) is 0 Å². The van der Waals surface area contributed by atoms with Crippen molar-refractivity contribution in [1.29, 1.82) is 0 Å². The summed E-state index contributed by atoms with van der Waals surface area (Å²) in [5.74, 6) is 0. The molecule has 0 fully saturated rings. The van der Waals surface area contributed by atoms with Gasteiger partial charge in [0.1, 0.15) is 0 Å². The lowest BCUT2D eigenvalue weighted by atomic mass is 10.1. The maximum Gasteiger partial charge on any atom is 0.223 e. The Labute approximate surface area is 93.3 Å². The van der Waals surface area contributed by atoms with E-state index in [0.717, 1.165) is 23.0 Å². The molecule has 0 aliphatic carbocycles. The number of aryl methyl sites for hydroxylation is 1. The number of nitrogens with zero attached hydrogens (tertiary/aromatic N) is 2. The van der Waals surface area contributed by atoms with E-state index in [2.05, 4.69) is 16.0 Å². The van der Waals surface area contributed by atoms with Gasteiger partial charge in [0, 0.05) is 11.8 Å². The molecule has 0 aliphatic rings. The van der Waals surface area contributed by atoms with E-state index in [0.29, 0.717) is 6.54 Å². The Morgan fingerprint density at radius 2 is 2.13 bits per heavy atom. The van der Waals surface area contributed by atoms with Gasteiger partial charge in [0.25, 0.3) is 0 Å². The molecular formula is C11H12ClN3. The summed E-state index contributed by atoms with van der Waals surface area (Å²) < 4.78 is 0. The highest BCUT2D eigenvalue weighted by molar-refractivity contribution is 6.28. The Morgan fingerprint density at radius 3 is 2.87 bits per heavy atom. The Bertz CT molecular complexity index is 496. The van der Waals surface area contributed by atoms with Gasteiger partial charge in [0.2, 0.25) is 5.28 Å². The number of hydrogen-bond donors (Lipinski definition) is 1. The molecule has 1 aromatic heterocycles. The summed E-state index contributed by atoms with van der Waals surface area (Å²) in [5.41, 5.74) is 8.53. The smallest absolute Gasteiger partial charge is 0.223 e. The summed E-state index contributed by atoms with van der Waals surface area (Å²) in [4.78, 5) is 8.38. The highest BCUT2D eigenvalue weighted by Gasteiger charge is 2.05. The van der Waals surface area contributed by atoms with Gasteiger partial charge in [-0.1, -0.05) is 11.6 Å². The minimum atomic E-state index is 0.287. The summed E-state index contributed by atoms with van der Waals surface area (Å²) in [6, 6.07) is 6.03. The van der Waals surface area contributed by atoms with Crippen LogP contribution in [0.3, 0.4) is 0 Å². The fourth-order valence-electron chi connectivity index (χ4n) is 1.60. The molecule has 15 heavy (non-hydrogen) atoms. The number of rotatable bonds is 2. The molecule has 0 atom stereocenters. The molecule has 78 valence electrons. The van der Waals surface area contributed by atoms with E-state index in [9.17, 15) is 0 Å². The van der Waals surface area contributed by atoms with Crippen molar-refractivity contribution in [2.24, 2.45) is 5.73 Å². The van der Waals surface area contributed by atoms with Crippen LogP contribution in [0.15, 0.2) is 18.2 Å². The van der Waals surface area contributed by atoms with Crippen LogP contribution in [0.25, 0.3) is 10.9 Å². The first kappa shape index (κ1) is 10.3. The summed E-state index contributed by atoms with van der Waals surface area (Å²) in [7, 11) is 0. The highest BCUT2D eigenvalue weighted by Crippen LogP contribution is 2.19. The summed E-state index contributed by atoms with van der Waals surface area (Å²) >= 11 is 5.84. The summed E-state index contributed by atoms with van der Waals surface area (Å²) in [5, 5.41) is 1.33. The predicted octanol–water partition coefficient (Wildman–Crippen LogP) is 2.09. The molecule has 2 N–H and O–H groups in total. The zero-order valence-corrected chi connectivity index (χ0v) is 9.25. The maximum absolute atomic E-state index is 5.84. The van der Waals surface area contributed by atoms with Gasteiger partial charge in [-0.05, 0) is 37.2 Å². The number of fused-ring (bicyclic) bond motifs is 1. The van der Waals surface area contributed by atoms with E-state index in [1.807, 2.05) is 19.1 Å². The topological polar surface area (TPSA) is 51.8 Å². The van der Waals surface area contributed by atoms with Crippen molar-refractivity contribution >= 4 is 22.5 Å². The van der Waals surface area contributed by atoms with Gasteiger partial charge in [0.15, 0.2) is 0 Å². The second-order valence-corrected chi connectivity index (χ2v) is 3.84. The van der Waals surface area contributed by atoms with Gasteiger partial charge in [0.05, 0.1) is 11.2 Å². The van der Waals surface area contributed by atoms with E-state index >= 15 is 0 Å². The van der Waals surface area contributed by atoms with Gasteiger partial charge in [-0.15, -0.1) is 0 Å². The van der Waals surface area contributed by atoms with Crippen LogP contribution in [0.4, 0.5) is 0 Å². The number of benzene rings is 1. The van der Waals surface area contributed by atoms with E-state index in [1.54, 1.807) is 0 Å². The van der Waals surface area contributed by atoms with Crippen LogP contribution < -0.4 is 5.73 Å². The van der Waals surface area contributed by atoms with E-state index < -0.39 is 0 Å². The van der Waals surface area contributed by atoms with E-state index in [-0.39, 0.29) is 5.28 Å². The predicted molar refractivity (Wildman–Crippen MR) is 62.0 cm³/mol. The Hall–Kier alpha value is -1.19. The third kappa shape index (κ3) is 2.08. The number of halogens is 1. The second-order valence-electron chi connectivity index (χ2n) is 3.50. The highest BCUT2D eigenvalue weighted by atomic mass is 35.5. The van der Waals surface area contributed by atoms with Gasteiger partial charge >= 0.3 is 0 Å². The minimum absolute atomic E-state index is 0.287. The third-order valence-corrected chi connectivity index (χ3v) is 2.45. The molecular weight excluding hydrogens is 210 g/mol. The molecule has 1 aromatic carbocycles. The van der Waals surface area contributed by atoms with Crippen molar-refractivity contribution in [2.75, 3.05) is 6.54 Å². The molecule has 2 rings (SSSR count). The molecule has 0 aliphatic heterocycles. The lowest BCUT2D eigenvalue weighted by Crippen LogP contribution is -2.06. The quantitative estimate of drug-likeness (QED) is 0.791. The molecule has 0 saturated carbocycles. The Kier molecular flexibility index (Phi) is 2.84. The molecule has 0 amide bonds. The summed E-state index contributed by atoms with van der Waals surface area (Å²) in [6.07, 6.45) is 0.724. The molecule has 1 heterocycles. The first-order valence-corrected chi connectivity index (χ1v) is 5.21. The van der Waals surface area contributed by atoms with Crippen molar-refractivity contribution in [3.05, 3.63) is 34.7 Å². The third-order valence-electron chi connectivity index (χ3n) is 2.28. The van der Waals surface area contributed by atoms with Crippen LogP contribution in [-0.4, -0.2) is 16.5 Å². The first-order chi connectivity index (χ1) is 7.20. The molecule has 3 nitrogen and oxygen atoms in total. The second kappa shape index (κ2) is 4.13. The van der Waals surface area contributed by atoms with Crippen molar-refractivity contribution in [3.63, 3.8) is 0 Å². The van der Waals surface area contributed by atoms with Crippen molar-refractivity contribution < 1.29 is 0 Å². The van der Waals surface area contributed by atoms with Crippen molar-refractivity contribution in [1.82, 2.24) is 9.97 Å². The Morgan fingerprint density at radius 1 is 1.33 bits per heavy atom. The zero-order valence-electron chi connectivity index (χ0n) is 8.50. The van der Waals surface area contributed by atoms with Crippen LogP contribution in [-0.2, 0) is 6.42 Å². The summed E-state index contributed by atoms with van der Waals surface area (Å²) in [6.45, 7) is 2.61. The van der Waals surface area contributed by atoms with Crippen LogP contribution in [0.2, 0.25) is 5.28 Å². The van der Waals surface area contributed by atoms with E-state index in [1.165, 1.54) is 5.56 Å². The zero-order chi connectivity index (χ0) is 10.8. The maximum atomic E-state index is 5.84. The molecule has 4 heteroatoms. The standard InChI is InChI=1S/C11H12ClN3/c1-7-2-3-9-8(6-7)10(4-5-13)15-11(12)14-9/h2-3,6H,4-5,13H2,1H3. The first-order valence-electron chi connectivity index (χ1n) is 4.83. The van der Waals surface area contributed by atoms with E-state index in [4.69, 9.17) is 17.3 Å². The lowest BCUT2D eigenvalue weighted by Gasteiger charge is -2.05. The Balaban J connectivity index is 2.70. The molecule has 0 unspecified atom stereocenters. The largest absolute Gasteiger partial charge is 0.330 e. The molecule has 0 spiro atoms. The fraction of sp³-hybridized carbons (Fsp3) is 0.273. The van der Waals surface area contributed by atoms with Gasteiger partial charge in [-0.2, -0.15) is 0 Å². The molecule has 0 radical (unpaired) electrons.